The lowest BCUT2D eigenvalue weighted by molar-refractivity contribution is 0.0923. The van der Waals surface area contributed by atoms with E-state index < -0.39 is 0 Å². The molecule has 0 aliphatic carbocycles. The van der Waals surface area contributed by atoms with Gasteiger partial charge in [0, 0.05) is 44.0 Å². The van der Waals surface area contributed by atoms with Crippen molar-refractivity contribution >= 4 is 51.2 Å². The molecule has 2 aliphatic heterocycles. The molecule has 0 spiro atoms. The normalized spacial score (nSPS) is 15.7. The summed E-state index contributed by atoms with van der Waals surface area (Å²) in [5.41, 5.74) is 3.89. The molecule has 1 aromatic heterocycles. The van der Waals surface area contributed by atoms with Gasteiger partial charge in [0.25, 0.3) is 0 Å². The lowest BCUT2D eigenvalue weighted by Gasteiger charge is -2.35. The highest BCUT2D eigenvalue weighted by molar-refractivity contribution is 7.80. The number of carbonyl (C=O) groups is 1. The molecule has 32 heavy (non-hydrogen) atoms. The predicted octanol–water partition coefficient (Wildman–Crippen LogP) is 3.03. The minimum Gasteiger partial charge on any atom is -0.486 e. The summed E-state index contributed by atoms with van der Waals surface area (Å²) >= 11 is 5.59. The van der Waals surface area contributed by atoms with Crippen LogP contribution in [0.3, 0.4) is 0 Å². The summed E-state index contributed by atoms with van der Waals surface area (Å²) in [7, 11) is 0. The van der Waals surface area contributed by atoms with Crippen molar-refractivity contribution in [3.05, 3.63) is 30.3 Å². The van der Waals surface area contributed by atoms with Crippen LogP contribution in [0.5, 0.6) is 11.5 Å². The fourth-order valence-corrected chi connectivity index (χ4v) is 4.10. The number of thiocarbonyl (C=S) groups is 1. The molecule has 1 N–H and O–H groups in total. The van der Waals surface area contributed by atoms with E-state index >= 15 is 0 Å². The Labute approximate surface area is 190 Å². The van der Waals surface area contributed by atoms with E-state index in [0.29, 0.717) is 62.6 Å². The number of anilines is 1. The molecule has 0 radical (unpaired) electrons. The second-order valence-electron chi connectivity index (χ2n) is 7.51. The van der Waals surface area contributed by atoms with Crippen LogP contribution in [0.2, 0.25) is 0 Å². The van der Waals surface area contributed by atoms with Gasteiger partial charge in [0.05, 0.1) is 28.7 Å². The Balaban J connectivity index is 1.31. The molecule has 0 unspecified atom stereocenters. The van der Waals surface area contributed by atoms with Gasteiger partial charge in [0.1, 0.15) is 13.2 Å². The van der Waals surface area contributed by atoms with Crippen LogP contribution in [-0.4, -0.2) is 77.0 Å². The number of benzene rings is 2. The average Bonchev–Trinajstić information content (AvgIpc) is 2.81. The van der Waals surface area contributed by atoms with E-state index in [-0.39, 0.29) is 6.09 Å². The van der Waals surface area contributed by atoms with Crippen LogP contribution < -0.4 is 14.8 Å². The van der Waals surface area contributed by atoms with Crippen LogP contribution in [0.4, 0.5) is 10.5 Å². The summed E-state index contributed by atoms with van der Waals surface area (Å²) in [6, 6.07) is 9.52. The molecule has 3 aromatic rings. The van der Waals surface area contributed by atoms with Gasteiger partial charge in [0.2, 0.25) is 0 Å². The highest BCUT2D eigenvalue weighted by Crippen LogP contribution is 2.34. The Morgan fingerprint density at radius 2 is 1.56 bits per heavy atom. The summed E-state index contributed by atoms with van der Waals surface area (Å²) in [4.78, 5) is 25.1. The maximum Gasteiger partial charge on any atom is 0.409 e. The SMILES string of the molecule is CCOC(=O)N1CCN(C(=S)Nc2ccc3nc4cc5c(cc4nc3c2)OCCO5)CC1. The van der Waals surface area contributed by atoms with Gasteiger partial charge in [0.15, 0.2) is 16.6 Å². The predicted molar refractivity (Wildman–Crippen MR) is 124 cm³/mol. The fourth-order valence-electron chi connectivity index (χ4n) is 3.80. The minimum absolute atomic E-state index is 0.274. The van der Waals surface area contributed by atoms with Gasteiger partial charge in [-0.05, 0) is 37.3 Å². The van der Waals surface area contributed by atoms with Crippen LogP contribution in [0.1, 0.15) is 6.92 Å². The number of aromatic nitrogens is 2. The summed E-state index contributed by atoms with van der Waals surface area (Å²) < 4.78 is 16.4. The van der Waals surface area contributed by atoms with Crippen molar-refractivity contribution in [1.29, 1.82) is 0 Å². The number of hydrogen-bond donors (Lipinski definition) is 1. The molecule has 2 aliphatic rings. The smallest absolute Gasteiger partial charge is 0.409 e. The molecule has 1 saturated heterocycles. The lowest BCUT2D eigenvalue weighted by Crippen LogP contribution is -2.51. The van der Waals surface area contributed by atoms with Crippen LogP contribution >= 0.6 is 12.2 Å². The highest BCUT2D eigenvalue weighted by Gasteiger charge is 2.23. The molecular weight excluding hydrogens is 430 g/mol. The number of rotatable bonds is 2. The Morgan fingerprint density at radius 3 is 2.22 bits per heavy atom. The fraction of sp³-hybridized carbons (Fsp3) is 0.364. The van der Waals surface area contributed by atoms with Gasteiger partial charge >= 0.3 is 6.09 Å². The Bertz CT molecular complexity index is 1200. The third kappa shape index (κ3) is 4.05. The number of nitrogens with one attached hydrogen (secondary N) is 1. The zero-order chi connectivity index (χ0) is 22.1. The van der Waals surface area contributed by atoms with E-state index in [0.717, 1.165) is 27.8 Å². The summed E-state index contributed by atoms with van der Waals surface area (Å²) in [5, 5.41) is 3.89. The molecule has 0 bridgehead atoms. The van der Waals surface area contributed by atoms with E-state index in [1.807, 2.05) is 35.2 Å². The van der Waals surface area contributed by atoms with Gasteiger partial charge in [-0.15, -0.1) is 0 Å². The van der Waals surface area contributed by atoms with Crippen LogP contribution in [-0.2, 0) is 4.74 Å². The first-order chi connectivity index (χ1) is 15.6. The minimum atomic E-state index is -0.274. The van der Waals surface area contributed by atoms with Gasteiger partial charge in [-0.2, -0.15) is 0 Å². The first-order valence-electron chi connectivity index (χ1n) is 10.6. The van der Waals surface area contributed by atoms with Crippen molar-refractivity contribution in [2.24, 2.45) is 0 Å². The molecule has 0 atom stereocenters. The summed E-state index contributed by atoms with van der Waals surface area (Å²) in [5.74, 6) is 1.39. The number of ether oxygens (including phenoxy) is 3. The van der Waals surface area contributed by atoms with Crippen molar-refractivity contribution < 1.29 is 19.0 Å². The topological polar surface area (TPSA) is 89.1 Å². The third-order valence-electron chi connectivity index (χ3n) is 5.44. The number of hydrogen-bond acceptors (Lipinski definition) is 7. The van der Waals surface area contributed by atoms with E-state index in [2.05, 4.69) is 5.32 Å². The van der Waals surface area contributed by atoms with Crippen molar-refractivity contribution in [2.45, 2.75) is 6.92 Å². The molecular formula is C22H23N5O4S. The largest absolute Gasteiger partial charge is 0.486 e. The van der Waals surface area contributed by atoms with E-state index in [1.54, 1.807) is 11.8 Å². The molecule has 2 aromatic carbocycles. The molecule has 10 heteroatoms. The zero-order valence-corrected chi connectivity index (χ0v) is 18.5. The van der Waals surface area contributed by atoms with E-state index in [9.17, 15) is 4.79 Å². The quantitative estimate of drug-likeness (QED) is 0.465. The van der Waals surface area contributed by atoms with E-state index in [1.165, 1.54) is 0 Å². The second kappa shape index (κ2) is 8.62. The van der Waals surface area contributed by atoms with Crippen molar-refractivity contribution in [3.8, 4) is 11.5 Å². The number of piperazine rings is 1. The molecule has 1 amide bonds. The number of carbonyl (C=O) groups excluding carboxylic acids is 1. The van der Waals surface area contributed by atoms with Gasteiger partial charge in [-0.1, -0.05) is 0 Å². The number of nitrogens with zero attached hydrogens (tertiary/aromatic N) is 4. The van der Waals surface area contributed by atoms with Gasteiger partial charge in [-0.3, -0.25) is 0 Å². The summed E-state index contributed by atoms with van der Waals surface area (Å²) in [6.45, 7) is 5.69. The summed E-state index contributed by atoms with van der Waals surface area (Å²) in [6.07, 6.45) is -0.274. The average molecular weight is 454 g/mol. The Hall–Kier alpha value is -3.40. The van der Waals surface area contributed by atoms with Crippen LogP contribution in [0, 0.1) is 0 Å². The highest BCUT2D eigenvalue weighted by atomic mass is 32.1. The molecule has 5 rings (SSSR count). The molecule has 166 valence electrons. The van der Waals surface area contributed by atoms with E-state index in [4.69, 9.17) is 36.4 Å². The molecule has 3 heterocycles. The van der Waals surface area contributed by atoms with Crippen molar-refractivity contribution in [1.82, 2.24) is 19.8 Å². The lowest BCUT2D eigenvalue weighted by atomic mass is 10.2. The first kappa shape index (κ1) is 20.5. The Kier molecular flexibility index (Phi) is 5.52. The standard InChI is InChI=1S/C22H23N5O4S/c1-2-29-22(28)27-7-5-26(6-8-27)21(32)23-14-3-4-15-16(11-14)25-18-13-20-19(12-17(18)24-15)30-9-10-31-20/h3-4,11-13H,2,5-10H2,1H3,(H,23,32). The van der Waals surface area contributed by atoms with Crippen molar-refractivity contribution in [3.63, 3.8) is 0 Å². The maximum absolute atomic E-state index is 11.9. The molecule has 1 fully saturated rings. The second-order valence-corrected chi connectivity index (χ2v) is 7.90. The van der Waals surface area contributed by atoms with Gasteiger partial charge < -0.3 is 29.3 Å². The van der Waals surface area contributed by atoms with Crippen LogP contribution in [0.25, 0.3) is 22.1 Å². The Morgan fingerprint density at radius 1 is 0.969 bits per heavy atom. The third-order valence-corrected chi connectivity index (χ3v) is 5.80. The van der Waals surface area contributed by atoms with Crippen molar-refractivity contribution in [2.75, 3.05) is 51.3 Å². The maximum atomic E-state index is 11.9. The number of fused-ring (bicyclic) bond motifs is 3. The monoisotopic (exact) mass is 453 g/mol. The van der Waals surface area contributed by atoms with Crippen LogP contribution in [0.15, 0.2) is 30.3 Å². The zero-order valence-electron chi connectivity index (χ0n) is 17.7. The number of amides is 1. The molecule has 0 saturated carbocycles. The molecule has 9 nitrogen and oxygen atoms in total. The van der Waals surface area contributed by atoms with Gasteiger partial charge in [-0.25, -0.2) is 14.8 Å². The first-order valence-corrected chi connectivity index (χ1v) is 11.0.